The van der Waals surface area contributed by atoms with Crippen molar-refractivity contribution in [3.8, 4) is 0 Å². The second-order valence-electron chi connectivity index (χ2n) is 4.78. The van der Waals surface area contributed by atoms with Gasteiger partial charge in [0.15, 0.2) is 0 Å². The minimum absolute atomic E-state index is 0.0826. The lowest BCUT2D eigenvalue weighted by atomic mass is 9.93. The first-order valence-electron chi connectivity index (χ1n) is 6.83. The second kappa shape index (κ2) is 8.51. The predicted octanol–water partition coefficient (Wildman–Crippen LogP) is 3.70. The fourth-order valence-corrected chi connectivity index (χ4v) is 1.78. The van der Waals surface area contributed by atoms with Crippen molar-refractivity contribution in [2.75, 3.05) is 6.61 Å². The average Bonchev–Trinajstić information content (AvgIpc) is 2.27. The Morgan fingerprint density at radius 3 is 2.18 bits per heavy atom. The van der Waals surface area contributed by atoms with Crippen LogP contribution in [0.25, 0.3) is 0 Å². The van der Waals surface area contributed by atoms with E-state index in [2.05, 4.69) is 13.8 Å². The summed E-state index contributed by atoms with van der Waals surface area (Å²) in [6.07, 6.45) is 4.05. The quantitative estimate of drug-likeness (QED) is 0.580. The number of rotatable bonds is 9. The zero-order valence-corrected chi connectivity index (χ0v) is 12.0. The Labute approximate surface area is 106 Å². The Balaban J connectivity index is 4.28. The van der Waals surface area contributed by atoms with Gasteiger partial charge in [-0.15, -0.1) is 0 Å². The molecular weight excluding hydrogens is 216 g/mol. The van der Waals surface area contributed by atoms with Crippen LogP contribution in [0.2, 0.25) is 0 Å². The number of hydrogen-bond donors (Lipinski definition) is 0. The van der Waals surface area contributed by atoms with E-state index in [-0.39, 0.29) is 17.7 Å². The molecule has 0 heterocycles. The maximum Gasteiger partial charge on any atom is 0.306 e. The molecule has 0 saturated heterocycles. The first-order valence-corrected chi connectivity index (χ1v) is 6.83. The Morgan fingerprint density at radius 2 is 1.76 bits per heavy atom. The molecule has 0 unspecified atom stereocenters. The molecule has 0 aliphatic carbocycles. The largest absolute Gasteiger partial charge is 0.459 e. The van der Waals surface area contributed by atoms with Gasteiger partial charge in [0.1, 0.15) is 5.60 Å². The third kappa shape index (κ3) is 6.67. The van der Waals surface area contributed by atoms with E-state index in [9.17, 15) is 4.79 Å². The van der Waals surface area contributed by atoms with Gasteiger partial charge < -0.3 is 9.47 Å². The molecule has 0 aromatic heterocycles. The predicted molar refractivity (Wildman–Crippen MR) is 70.0 cm³/mol. The number of ether oxygens (including phenoxy) is 2. The van der Waals surface area contributed by atoms with Crippen LogP contribution in [0.4, 0.5) is 0 Å². The number of carbonyl (C=O) groups is 1. The smallest absolute Gasteiger partial charge is 0.306 e. The summed E-state index contributed by atoms with van der Waals surface area (Å²) in [6.45, 7) is 10.8. The van der Waals surface area contributed by atoms with Crippen LogP contribution in [0.5, 0.6) is 0 Å². The number of carbonyl (C=O) groups excluding carboxylic acids is 1. The van der Waals surface area contributed by atoms with Crippen molar-refractivity contribution >= 4 is 5.97 Å². The van der Waals surface area contributed by atoms with Crippen molar-refractivity contribution in [2.45, 2.75) is 78.4 Å². The molecular formula is C14H28O3. The highest BCUT2D eigenvalue weighted by Gasteiger charge is 2.30. The molecule has 3 heteroatoms. The second-order valence-corrected chi connectivity index (χ2v) is 4.78. The van der Waals surface area contributed by atoms with Crippen LogP contribution in [-0.4, -0.2) is 24.3 Å². The number of esters is 1. The van der Waals surface area contributed by atoms with Crippen LogP contribution in [0.3, 0.4) is 0 Å². The summed E-state index contributed by atoms with van der Waals surface area (Å²) in [5, 5.41) is 0. The van der Waals surface area contributed by atoms with Crippen molar-refractivity contribution < 1.29 is 14.3 Å². The molecule has 17 heavy (non-hydrogen) atoms. The summed E-state index contributed by atoms with van der Waals surface area (Å²) < 4.78 is 11.2. The molecule has 3 nitrogen and oxygen atoms in total. The van der Waals surface area contributed by atoms with Crippen molar-refractivity contribution in [2.24, 2.45) is 0 Å². The van der Waals surface area contributed by atoms with Crippen LogP contribution >= 0.6 is 0 Å². The van der Waals surface area contributed by atoms with Crippen molar-refractivity contribution in [3.05, 3.63) is 0 Å². The van der Waals surface area contributed by atoms with E-state index < -0.39 is 0 Å². The van der Waals surface area contributed by atoms with Crippen LogP contribution in [0, 0.1) is 0 Å². The SMILES string of the molecule is CCCC(=O)OC(CC)(CC)CCOC(C)C. The maximum atomic E-state index is 11.6. The van der Waals surface area contributed by atoms with Crippen molar-refractivity contribution in [1.29, 1.82) is 0 Å². The molecule has 0 rings (SSSR count). The van der Waals surface area contributed by atoms with Gasteiger partial charge in [-0.3, -0.25) is 4.79 Å². The summed E-state index contributed by atoms with van der Waals surface area (Å²) >= 11 is 0. The average molecular weight is 244 g/mol. The molecule has 102 valence electrons. The maximum absolute atomic E-state index is 11.6. The molecule has 0 bridgehead atoms. The topological polar surface area (TPSA) is 35.5 Å². The Kier molecular flexibility index (Phi) is 8.23. The fraction of sp³-hybridized carbons (Fsp3) is 0.929. The summed E-state index contributed by atoms with van der Waals surface area (Å²) in [5.74, 6) is -0.0826. The van der Waals surface area contributed by atoms with Crippen LogP contribution in [0.1, 0.15) is 66.7 Å². The van der Waals surface area contributed by atoms with E-state index in [1.54, 1.807) is 0 Å². The first-order chi connectivity index (χ1) is 7.99. The lowest BCUT2D eigenvalue weighted by Crippen LogP contribution is -2.35. The van der Waals surface area contributed by atoms with Gasteiger partial charge in [0, 0.05) is 12.8 Å². The van der Waals surface area contributed by atoms with E-state index in [1.807, 2.05) is 20.8 Å². The molecule has 0 spiro atoms. The highest BCUT2D eigenvalue weighted by molar-refractivity contribution is 5.69. The third-order valence-electron chi connectivity index (χ3n) is 3.08. The fourth-order valence-electron chi connectivity index (χ4n) is 1.78. The van der Waals surface area contributed by atoms with Gasteiger partial charge >= 0.3 is 5.97 Å². The van der Waals surface area contributed by atoms with Gasteiger partial charge in [-0.1, -0.05) is 20.8 Å². The molecule has 0 aromatic carbocycles. The van der Waals surface area contributed by atoms with Gasteiger partial charge in [-0.05, 0) is 33.1 Å². The Hall–Kier alpha value is -0.570. The molecule has 0 amide bonds. The van der Waals surface area contributed by atoms with Crippen molar-refractivity contribution in [1.82, 2.24) is 0 Å². The van der Waals surface area contributed by atoms with Crippen LogP contribution < -0.4 is 0 Å². The van der Waals surface area contributed by atoms with Gasteiger partial charge in [-0.25, -0.2) is 0 Å². The molecule has 0 fully saturated rings. The van der Waals surface area contributed by atoms with E-state index in [0.29, 0.717) is 13.0 Å². The normalized spacial score (nSPS) is 11.9. The zero-order chi connectivity index (χ0) is 13.3. The summed E-state index contributed by atoms with van der Waals surface area (Å²) in [4.78, 5) is 11.6. The number of hydrogen-bond acceptors (Lipinski definition) is 3. The summed E-state index contributed by atoms with van der Waals surface area (Å²) in [5.41, 5.74) is -0.332. The van der Waals surface area contributed by atoms with Gasteiger partial charge in [0.25, 0.3) is 0 Å². The molecule has 0 radical (unpaired) electrons. The van der Waals surface area contributed by atoms with Gasteiger partial charge in [-0.2, -0.15) is 0 Å². The Morgan fingerprint density at radius 1 is 1.18 bits per heavy atom. The first kappa shape index (κ1) is 16.4. The van der Waals surface area contributed by atoms with Crippen molar-refractivity contribution in [3.63, 3.8) is 0 Å². The molecule has 0 aliphatic rings. The molecule has 0 aliphatic heterocycles. The van der Waals surface area contributed by atoms with Crippen LogP contribution in [0.15, 0.2) is 0 Å². The van der Waals surface area contributed by atoms with Gasteiger partial charge in [0.2, 0.25) is 0 Å². The van der Waals surface area contributed by atoms with E-state index in [4.69, 9.17) is 9.47 Å². The highest BCUT2D eigenvalue weighted by atomic mass is 16.6. The standard InChI is InChI=1S/C14H28O3/c1-6-9-13(15)17-14(7-2,8-3)10-11-16-12(4)5/h12H,6-11H2,1-5H3. The lowest BCUT2D eigenvalue weighted by Gasteiger charge is -2.32. The minimum atomic E-state index is -0.332. The van der Waals surface area contributed by atoms with E-state index >= 15 is 0 Å². The summed E-state index contributed by atoms with van der Waals surface area (Å²) in [7, 11) is 0. The Bertz CT molecular complexity index is 208. The molecule has 0 N–H and O–H groups in total. The molecule has 0 atom stereocenters. The summed E-state index contributed by atoms with van der Waals surface area (Å²) in [6, 6.07) is 0. The minimum Gasteiger partial charge on any atom is -0.459 e. The van der Waals surface area contributed by atoms with Crippen LogP contribution in [-0.2, 0) is 14.3 Å². The lowest BCUT2D eigenvalue weighted by molar-refractivity contribution is -0.163. The monoisotopic (exact) mass is 244 g/mol. The highest BCUT2D eigenvalue weighted by Crippen LogP contribution is 2.26. The van der Waals surface area contributed by atoms with E-state index in [0.717, 1.165) is 25.7 Å². The van der Waals surface area contributed by atoms with Gasteiger partial charge in [0.05, 0.1) is 12.7 Å². The molecule has 0 aromatic rings. The molecule has 0 saturated carbocycles. The van der Waals surface area contributed by atoms with E-state index in [1.165, 1.54) is 0 Å². The zero-order valence-electron chi connectivity index (χ0n) is 12.0. The third-order valence-corrected chi connectivity index (χ3v) is 3.08.